The first-order valence-corrected chi connectivity index (χ1v) is 8.51. The quantitative estimate of drug-likeness (QED) is 0.670. The van der Waals surface area contributed by atoms with E-state index in [4.69, 9.17) is 0 Å². The van der Waals surface area contributed by atoms with Gasteiger partial charge in [-0.05, 0) is 42.8 Å². The molecule has 1 fully saturated rings. The Morgan fingerprint density at radius 3 is 2.73 bits per heavy atom. The predicted octanol–water partition coefficient (Wildman–Crippen LogP) is 4.06. The number of amides is 1. The number of carbonyl (C=O) groups is 1. The van der Waals surface area contributed by atoms with Crippen LogP contribution in [0.15, 0.2) is 48.7 Å². The van der Waals surface area contributed by atoms with Crippen LogP contribution in [0.4, 0.5) is 0 Å². The fourth-order valence-electron chi connectivity index (χ4n) is 3.66. The fourth-order valence-corrected chi connectivity index (χ4v) is 3.66. The smallest absolute Gasteiger partial charge is 0.256 e. The Morgan fingerprint density at radius 1 is 1.15 bits per heavy atom. The van der Waals surface area contributed by atoms with Crippen LogP contribution in [-0.2, 0) is 0 Å². The van der Waals surface area contributed by atoms with Gasteiger partial charge >= 0.3 is 0 Å². The Bertz CT molecular complexity index is 916. The minimum Gasteiger partial charge on any atom is -0.337 e. The average molecular weight is 392 g/mol. The van der Waals surface area contributed by atoms with Gasteiger partial charge in [0.2, 0.25) is 0 Å². The van der Waals surface area contributed by atoms with Gasteiger partial charge < -0.3 is 10.2 Å². The lowest BCUT2D eigenvalue weighted by Gasteiger charge is -2.32. The lowest BCUT2D eigenvalue weighted by Crippen LogP contribution is -2.47. The molecule has 4 rings (SSSR count). The molecule has 0 radical (unpaired) electrons. The number of pyridine rings is 1. The van der Waals surface area contributed by atoms with Gasteiger partial charge in [0.05, 0.1) is 11.1 Å². The van der Waals surface area contributed by atoms with Crippen molar-refractivity contribution in [2.45, 2.75) is 18.9 Å². The molecule has 1 amide bonds. The molecule has 0 aliphatic carbocycles. The average Bonchev–Trinajstić information content (AvgIpc) is 2.67. The van der Waals surface area contributed by atoms with E-state index in [1.807, 2.05) is 42.3 Å². The number of likely N-dealkylation sites (tertiary alicyclic amines) is 1. The summed E-state index contributed by atoms with van der Waals surface area (Å²) >= 11 is 0. The van der Waals surface area contributed by atoms with E-state index in [0.29, 0.717) is 11.6 Å². The Balaban J connectivity index is 0.00000121. The summed E-state index contributed by atoms with van der Waals surface area (Å²) in [6.45, 7) is 1.58. The zero-order valence-electron chi connectivity index (χ0n) is 14.6. The minimum absolute atomic E-state index is 0. The number of likely N-dealkylation sites (N-methyl/N-ethyl adjacent to an activating group) is 1. The second-order valence-electron chi connectivity index (χ2n) is 6.42. The molecule has 26 heavy (non-hydrogen) atoms. The van der Waals surface area contributed by atoms with Gasteiger partial charge in [0.15, 0.2) is 0 Å². The lowest BCUT2D eigenvalue weighted by molar-refractivity contribution is 0.0700. The van der Waals surface area contributed by atoms with Crippen LogP contribution in [0, 0.1) is 0 Å². The van der Waals surface area contributed by atoms with Crippen LogP contribution >= 0.6 is 24.8 Å². The van der Waals surface area contributed by atoms with E-state index in [2.05, 4.69) is 22.4 Å². The summed E-state index contributed by atoms with van der Waals surface area (Å²) in [5, 5.41) is 6.57. The molecule has 2 heterocycles. The zero-order chi connectivity index (χ0) is 16.5. The van der Waals surface area contributed by atoms with Gasteiger partial charge in [-0.1, -0.05) is 30.3 Å². The molecule has 4 nitrogen and oxygen atoms in total. The molecule has 0 saturated carbocycles. The molecule has 1 N–H and O–H groups in total. The number of hydrogen-bond acceptors (Lipinski definition) is 3. The largest absolute Gasteiger partial charge is 0.337 e. The topological polar surface area (TPSA) is 45.2 Å². The van der Waals surface area contributed by atoms with Crippen LogP contribution in [0.3, 0.4) is 0 Å². The summed E-state index contributed by atoms with van der Waals surface area (Å²) in [5.74, 6) is 0.0874. The molecule has 0 spiro atoms. The molecule has 2 aromatic carbocycles. The third-order valence-electron chi connectivity index (χ3n) is 4.96. The monoisotopic (exact) mass is 391 g/mol. The van der Waals surface area contributed by atoms with Crippen molar-refractivity contribution >= 4 is 52.4 Å². The fraction of sp³-hybridized carbons (Fsp3) is 0.300. The molecule has 138 valence electrons. The Kier molecular flexibility index (Phi) is 6.81. The van der Waals surface area contributed by atoms with E-state index >= 15 is 0 Å². The number of benzene rings is 2. The summed E-state index contributed by atoms with van der Waals surface area (Å²) in [4.78, 5) is 19.7. The Hall–Kier alpha value is -1.88. The summed E-state index contributed by atoms with van der Waals surface area (Å²) in [6, 6.07) is 14.5. The van der Waals surface area contributed by atoms with Crippen molar-refractivity contribution in [3.8, 4) is 0 Å². The standard InChI is InChI=1S/C20H21N3O.2ClH/c1-21-15-7-5-11-23(13-15)20(24)18-12-14-6-2-3-8-16(14)17-9-4-10-22-19(17)18;;/h2-4,6,8-10,12,15,21H,5,7,11,13H2,1H3;2*1H. The van der Waals surface area contributed by atoms with Gasteiger partial charge in [-0.3, -0.25) is 9.78 Å². The SMILES string of the molecule is CNC1CCCN(C(=O)c2cc3ccccc3c3cccnc23)C1.Cl.Cl. The number of rotatable bonds is 2. The van der Waals surface area contributed by atoms with Crippen LogP contribution in [-0.4, -0.2) is 42.0 Å². The number of fused-ring (bicyclic) bond motifs is 3. The van der Waals surface area contributed by atoms with Crippen molar-refractivity contribution in [1.82, 2.24) is 15.2 Å². The van der Waals surface area contributed by atoms with E-state index in [0.717, 1.165) is 47.6 Å². The normalized spacial score (nSPS) is 16.8. The van der Waals surface area contributed by atoms with Crippen molar-refractivity contribution in [3.05, 3.63) is 54.2 Å². The summed E-state index contributed by atoms with van der Waals surface area (Å²) in [5.41, 5.74) is 1.51. The molecule has 0 bridgehead atoms. The molecular formula is C20H23Cl2N3O. The first-order valence-electron chi connectivity index (χ1n) is 8.51. The van der Waals surface area contributed by atoms with Gasteiger partial charge in [-0.15, -0.1) is 24.8 Å². The molecule has 1 aliphatic heterocycles. The van der Waals surface area contributed by atoms with Crippen molar-refractivity contribution in [3.63, 3.8) is 0 Å². The van der Waals surface area contributed by atoms with Crippen LogP contribution in [0.5, 0.6) is 0 Å². The summed E-state index contributed by atoms with van der Waals surface area (Å²) < 4.78 is 0. The highest BCUT2D eigenvalue weighted by Crippen LogP contribution is 2.28. The molecular weight excluding hydrogens is 369 g/mol. The van der Waals surface area contributed by atoms with Gasteiger partial charge in [0, 0.05) is 30.7 Å². The molecule has 6 heteroatoms. The maximum Gasteiger partial charge on any atom is 0.256 e. The predicted molar refractivity (Wildman–Crippen MR) is 112 cm³/mol. The molecule has 1 aliphatic rings. The molecule has 1 aromatic heterocycles. The van der Waals surface area contributed by atoms with Crippen molar-refractivity contribution in [2.75, 3.05) is 20.1 Å². The number of halogens is 2. The van der Waals surface area contributed by atoms with E-state index < -0.39 is 0 Å². The maximum atomic E-state index is 13.2. The maximum absolute atomic E-state index is 13.2. The van der Waals surface area contributed by atoms with Gasteiger partial charge in [-0.25, -0.2) is 0 Å². The Morgan fingerprint density at radius 2 is 1.92 bits per heavy atom. The van der Waals surface area contributed by atoms with E-state index in [-0.39, 0.29) is 30.7 Å². The third-order valence-corrected chi connectivity index (χ3v) is 4.96. The minimum atomic E-state index is 0. The van der Waals surface area contributed by atoms with E-state index in [1.165, 1.54) is 0 Å². The molecule has 1 saturated heterocycles. The van der Waals surface area contributed by atoms with Crippen LogP contribution < -0.4 is 5.32 Å². The first-order chi connectivity index (χ1) is 11.8. The van der Waals surface area contributed by atoms with E-state index in [1.54, 1.807) is 6.20 Å². The Labute approximate surface area is 165 Å². The second kappa shape index (κ2) is 8.67. The van der Waals surface area contributed by atoms with Gasteiger partial charge in [-0.2, -0.15) is 0 Å². The highest BCUT2D eigenvalue weighted by atomic mass is 35.5. The van der Waals surface area contributed by atoms with Gasteiger partial charge in [0.1, 0.15) is 0 Å². The third kappa shape index (κ3) is 3.63. The van der Waals surface area contributed by atoms with Crippen LogP contribution in [0.2, 0.25) is 0 Å². The zero-order valence-corrected chi connectivity index (χ0v) is 16.3. The summed E-state index contributed by atoms with van der Waals surface area (Å²) in [7, 11) is 1.96. The molecule has 1 unspecified atom stereocenters. The number of nitrogens with one attached hydrogen (secondary N) is 1. The first kappa shape index (κ1) is 20.4. The number of hydrogen-bond donors (Lipinski definition) is 1. The van der Waals surface area contributed by atoms with E-state index in [9.17, 15) is 4.79 Å². The highest BCUT2D eigenvalue weighted by Gasteiger charge is 2.25. The summed E-state index contributed by atoms with van der Waals surface area (Å²) in [6.07, 6.45) is 3.92. The molecule has 1 atom stereocenters. The van der Waals surface area contributed by atoms with Crippen LogP contribution in [0.25, 0.3) is 21.7 Å². The number of nitrogens with zero attached hydrogens (tertiary/aromatic N) is 2. The van der Waals surface area contributed by atoms with Gasteiger partial charge in [0.25, 0.3) is 5.91 Å². The number of aromatic nitrogens is 1. The highest BCUT2D eigenvalue weighted by molar-refractivity contribution is 6.15. The van der Waals surface area contributed by atoms with Crippen LogP contribution in [0.1, 0.15) is 23.2 Å². The molecule has 3 aromatic rings. The number of carbonyl (C=O) groups excluding carboxylic acids is 1. The second-order valence-corrected chi connectivity index (χ2v) is 6.42. The number of piperidine rings is 1. The van der Waals surface area contributed by atoms with Crippen molar-refractivity contribution in [2.24, 2.45) is 0 Å². The van der Waals surface area contributed by atoms with Crippen molar-refractivity contribution < 1.29 is 4.79 Å². The van der Waals surface area contributed by atoms with Crippen molar-refractivity contribution in [1.29, 1.82) is 0 Å². The lowest BCUT2D eigenvalue weighted by atomic mass is 9.99.